The van der Waals surface area contributed by atoms with Crippen molar-refractivity contribution in [3.8, 4) is 28.4 Å². The van der Waals surface area contributed by atoms with Gasteiger partial charge in [0.2, 0.25) is 15.2 Å². The number of primary sulfonamides is 1. The zero-order valence-electron chi connectivity index (χ0n) is 20.3. The van der Waals surface area contributed by atoms with E-state index in [1.807, 2.05) is 60.7 Å². The highest BCUT2D eigenvalue weighted by atomic mass is 32.2. The Bertz CT molecular complexity index is 1520. The number of benzene rings is 3. The maximum Gasteiger partial charge on any atom is 0.267 e. The summed E-state index contributed by atoms with van der Waals surface area (Å²) in [6.07, 6.45) is 3.62. The van der Waals surface area contributed by atoms with Gasteiger partial charge in [-0.1, -0.05) is 72.0 Å². The summed E-state index contributed by atoms with van der Waals surface area (Å²) in [5.41, 5.74) is 4.22. The molecule has 0 bridgehead atoms. The zero-order chi connectivity index (χ0) is 26.4. The number of nitrogens with zero attached hydrogens (tertiary/aromatic N) is 3. The monoisotopic (exact) mass is 536 g/mol. The number of rotatable bonds is 9. The molecule has 4 aromatic rings. The number of nitrogens with two attached hydrogens (primary N) is 1. The molecule has 190 valence electrons. The number of hydrogen-bond donors (Lipinski definition) is 1. The highest BCUT2D eigenvalue weighted by Gasteiger charge is 2.16. The number of aliphatic imine (C=N–C) groups is 1. The summed E-state index contributed by atoms with van der Waals surface area (Å²) in [5.74, 6) is 1.50. The molecule has 37 heavy (non-hydrogen) atoms. The first-order valence-corrected chi connectivity index (χ1v) is 13.3. The summed E-state index contributed by atoms with van der Waals surface area (Å²) < 4.78 is 39.3. The highest BCUT2D eigenvalue weighted by Crippen LogP contribution is 2.38. The molecule has 1 aromatic heterocycles. The predicted octanol–water partition coefficient (Wildman–Crippen LogP) is 4.71. The molecule has 0 spiro atoms. The largest absolute Gasteiger partial charge is 0.493 e. The Morgan fingerprint density at radius 1 is 0.892 bits per heavy atom. The minimum Gasteiger partial charge on any atom is -0.493 e. The summed E-state index contributed by atoms with van der Waals surface area (Å²) >= 11 is 0.788. The van der Waals surface area contributed by atoms with E-state index in [0.29, 0.717) is 23.0 Å². The Hall–Kier alpha value is -4.06. The molecule has 0 atom stereocenters. The number of aromatic nitrogens is 2. The van der Waals surface area contributed by atoms with Gasteiger partial charge in [0.1, 0.15) is 0 Å². The Balaban J connectivity index is 1.76. The van der Waals surface area contributed by atoms with Gasteiger partial charge >= 0.3 is 0 Å². The lowest BCUT2D eigenvalue weighted by Gasteiger charge is -2.13. The molecule has 0 aliphatic rings. The highest BCUT2D eigenvalue weighted by molar-refractivity contribution is 7.91. The second-order valence-electron chi connectivity index (χ2n) is 7.63. The molecule has 3 aromatic carbocycles. The molecule has 0 aliphatic carbocycles. The Kier molecular flexibility index (Phi) is 7.97. The molecule has 11 heteroatoms. The summed E-state index contributed by atoms with van der Waals surface area (Å²) in [6.45, 7) is 0. The topological polar surface area (TPSA) is 126 Å². The molecule has 0 saturated carbocycles. The van der Waals surface area contributed by atoms with Gasteiger partial charge in [0, 0.05) is 5.56 Å². The fraction of sp³-hybridized carbons (Fsp3) is 0.115. The second-order valence-corrected chi connectivity index (χ2v) is 10.3. The van der Waals surface area contributed by atoms with E-state index in [1.165, 1.54) is 7.11 Å². The first kappa shape index (κ1) is 26.0. The van der Waals surface area contributed by atoms with Gasteiger partial charge in [-0.2, -0.15) is 0 Å². The van der Waals surface area contributed by atoms with Gasteiger partial charge in [0.15, 0.2) is 11.5 Å². The fourth-order valence-electron chi connectivity index (χ4n) is 3.50. The molecule has 0 amide bonds. The van der Waals surface area contributed by atoms with E-state index in [-0.39, 0.29) is 9.47 Å². The van der Waals surface area contributed by atoms with Gasteiger partial charge in [0.25, 0.3) is 10.0 Å². The molecule has 0 fully saturated rings. The second kappa shape index (κ2) is 11.3. The lowest BCUT2D eigenvalue weighted by Crippen LogP contribution is -2.11. The van der Waals surface area contributed by atoms with Crippen LogP contribution in [-0.2, 0) is 10.0 Å². The van der Waals surface area contributed by atoms with Crippen LogP contribution in [0.3, 0.4) is 0 Å². The van der Waals surface area contributed by atoms with Crippen LogP contribution in [0, 0.1) is 0 Å². The van der Waals surface area contributed by atoms with Crippen molar-refractivity contribution in [1.29, 1.82) is 0 Å². The molecule has 2 N–H and O–H groups in total. The minimum absolute atomic E-state index is 0.153. The summed E-state index contributed by atoms with van der Waals surface area (Å²) in [5, 5.41) is 12.9. The number of ether oxygens (including phenoxy) is 3. The number of methoxy groups -OCH3 is 3. The average Bonchev–Trinajstić information content (AvgIpc) is 3.40. The van der Waals surface area contributed by atoms with Crippen LogP contribution in [0.4, 0.5) is 5.13 Å². The Morgan fingerprint density at radius 3 is 2.05 bits per heavy atom. The fourth-order valence-corrected chi connectivity index (χ4v) is 4.81. The number of hydrogen-bond acceptors (Lipinski definition) is 9. The molecule has 0 unspecified atom stereocenters. The summed E-state index contributed by atoms with van der Waals surface area (Å²) in [4.78, 5) is 4.57. The third kappa shape index (κ3) is 6.20. The molecule has 0 saturated heterocycles. The zero-order valence-corrected chi connectivity index (χ0v) is 21.9. The Morgan fingerprint density at radius 2 is 1.51 bits per heavy atom. The van der Waals surface area contributed by atoms with Crippen LogP contribution in [0.25, 0.3) is 17.2 Å². The van der Waals surface area contributed by atoms with Crippen molar-refractivity contribution >= 4 is 38.3 Å². The third-order valence-corrected chi connectivity index (χ3v) is 7.39. The summed E-state index contributed by atoms with van der Waals surface area (Å²) in [7, 11) is 0.654. The molecule has 4 rings (SSSR count). The lowest BCUT2D eigenvalue weighted by atomic mass is 10.0. The molecular formula is C26H24N4O5S2. The maximum absolute atomic E-state index is 11.6. The van der Waals surface area contributed by atoms with Crippen LogP contribution in [0.5, 0.6) is 17.2 Å². The third-order valence-electron chi connectivity index (χ3n) is 5.26. The van der Waals surface area contributed by atoms with Crippen LogP contribution in [-0.4, -0.2) is 45.7 Å². The molecule has 0 aliphatic heterocycles. The van der Waals surface area contributed by atoms with E-state index < -0.39 is 10.0 Å². The van der Waals surface area contributed by atoms with Crippen molar-refractivity contribution in [3.05, 3.63) is 83.9 Å². The van der Waals surface area contributed by atoms with Gasteiger partial charge in [0.05, 0.1) is 27.0 Å². The lowest BCUT2D eigenvalue weighted by molar-refractivity contribution is 0.324. The maximum atomic E-state index is 11.6. The van der Waals surface area contributed by atoms with Gasteiger partial charge < -0.3 is 14.2 Å². The van der Waals surface area contributed by atoms with Gasteiger partial charge in [-0.25, -0.2) is 18.5 Å². The number of allylic oxidation sites excluding steroid dienone is 1. The predicted molar refractivity (Wildman–Crippen MR) is 144 cm³/mol. The molecule has 0 radical (unpaired) electrons. The van der Waals surface area contributed by atoms with Crippen molar-refractivity contribution in [3.63, 3.8) is 0 Å². The van der Waals surface area contributed by atoms with Crippen LogP contribution in [0.1, 0.15) is 11.1 Å². The van der Waals surface area contributed by atoms with E-state index in [1.54, 1.807) is 32.4 Å². The van der Waals surface area contributed by atoms with E-state index >= 15 is 0 Å². The molecular weight excluding hydrogens is 512 g/mol. The van der Waals surface area contributed by atoms with Crippen molar-refractivity contribution in [2.24, 2.45) is 10.1 Å². The number of sulfonamides is 1. The van der Waals surface area contributed by atoms with E-state index in [2.05, 4.69) is 15.2 Å². The van der Waals surface area contributed by atoms with Crippen LogP contribution in [0.15, 0.2) is 82.1 Å². The normalized spacial score (nSPS) is 12.1. The average molecular weight is 537 g/mol. The van der Waals surface area contributed by atoms with Gasteiger partial charge in [-0.3, -0.25) is 0 Å². The Labute approximate surface area is 218 Å². The van der Waals surface area contributed by atoms with Crippen molar-refractivity contribution in [1.82, 2.24) is 10.2 Å². The summed E-state index contributed by atoms with van der Waals surface area (Å²) in [6, 6.07) is 21.4. The van der Waals surface area contributed by atoms with Crippen LogP contribution < -0.4 is 19.3 Å². The first-order chi connectivity index (χ1) is 17.8. The quantitative estimate of drug-likeness (QED) is 0.307. The van der Waals surface area contributed by atoms with Crippen molar-refractivity contribution in [2.45, 2.75) is 4.34 Å². The smallest absolute Gasteiger partial charge is 0.267 e. The SMILES string of the molecule is COc1cc(/C=C/C(=N/c2nnc(S(N)(=O)=O)s2)c2ccc(-c3ccccc3)cc2)cc(OC)c1OC. The van der Waals surface area contributed by atoms with E-state index in [9.17, 15) is 8.42 Å². The van der Waals surface area contributed by atoms with Crippen molar-refractivity contribution in [2.75, 3.05) is 21.3 Å². The van der Waals surface area contributed by atoms with Crippen LogP contribution in [0.2, 0.25) is 0 Å². The van der Waals surface area contributed by atoms with Gasteiger partial charge in [-0.05, 0) is 34.9 Å². The first-order valence-electron chi connectivity index (χ1n) is 10.9. The van der Waals surface area contributed by atoms with Crippen molar-refractivity contribution < 1.29 is 22.6 Å². The molecule has 1 heterocycles. The van der Waals surface area contributed by atoms with E-state index in [4.69, 9.17) is 19.3 Å². The minimum atomic E-state index is -3.98. The van der Waals surface area contributed by atoms with Gasteiger partial charge in [-0.15, -0.1) is 10.2 Å². The molecule has 9 nitrogen and oxygen atoms in total. The van der Waals surface area contributed by atoms with E-state index in [0.717, 1.165) is 33.6 Å². The van der Waals surface area contributed by atoms with Crippen LogP contribution >= 0.6 is 11.3 Å². The standard InChI is InChI=1S/C26H24N4O5S2/c1-33-22-15-17(16-23(34-2)24(22)35-3)9-14-21(28-25-29-30-26(36-25)37(27,31)32)20-12-10-19(11-13-20)18-7-5-4-6-8-18/h4-16H,1-3H3,(H2,27,31,32)/b14-9+,28-21-.